The maximum absolute atomic E-state index is 13.3. The number of esters is 1. The van der Waals surface area contributed by atoms with Gasteiger partial charge in [-0.1, -0.05) is 0 Å². The molecule has 4 aliphatic rings. The topological polar surface area (TPSA) is 104 Å². The van der Waals surface area contributed by atoms with Crippen molar-refractivity contribution in [2.75, 3.05) is 0 Å². The van der Waals surface area contributed by atoms with Crippen molar-refractivity contribution in [2.45, 2.75) is 49.1 Å². The molecule has 0 aromatic heterocycles. The van der Waals surface area contributed by atoms with Gasteiger partial charge in [0.2, 0.25) is 0 Å². The Morgan fingerprint density at radius 1 is 1.24 bits per heavy atom. The molecule has 4 aliphatic carbocycles. The van der Waals surface area contributed by atoms with Crippen molar-refractivity contribution < 1.29 is 36.4 Å². The third-order valence-electron chi connectivity index (χ3n) is 5.03. The molecule has 0 aliphatic heterocycles. The first kappa shape index (κ1) is 15.1. The highest BCUT2D eigenvalue weighted by Crippen LogP contribution is 2.57. The van der Waals surface area contributed by atoms with Crippen LogP contribution >= 0.6 is 0 Å². The summed E-state index contributed by atoms with van der Waals surface area (Å²) in [6.07, 6.45) is 1.84. The lowest BCUT2D eigenvalue weighted by Gasteiger charge is -2.57. The molecule has 4 rings (SSSR count). The molecule has 21 heavy (non-hydrogen) atoms. The van der Waals surface area contributed by atoms with Gasteiger partial charge in [-0.05, 0) is 49.9 Å². The minimum Gasteiger partial charge on any atom is -0.743 e. The molecule has 1 N–H and O–H groups in total. The lowest BCUT2D eigenvalue weighted by Crippen LogP contribution is -2.59. The fraction of sp³-hybridized carbons (Fsp3) is 0.917. The van der Waals surface area contributed by atoms with E-state index in [2.05, 4.69) is 0 Å². The highest BCUT2D eigenvalue weighted by Gasteiger charge is 2.59. The SMILES string of the molecule is O=C(OC12CC3CC(C1)C(O)C(C3)C2)C(F)(F)S(=O)(=O)[O-]. The summed E-state index contributed by atoms with van der Waals surface area (Å²) < 4.78 is 62.8. The molecule has 4 saturated carbocycles. The molecule has 0 heterocycles. The van der Waals surface area contributed by atoms with E-state index in [4.69, 9.17) is 4.74 Å². The van der Waals surface area contributed by atoms with Crippen LogP contribution in [0.3, 0.4) is 0 Å². The van der Waals surface area contributed by atoms with Gasteiger partial charge in [0.1, 0.15) is 5.60 Å². The van der Waals surface area contributed by atoms with E-state index in [0.717, 1.165) is 12.8 Å². The zero-order chi connectivity index (χ0) is 15.6. The maximum atomic E-state index is 13.3. The standard InChI is InChI=1S/C12H16F2O6S/c13-12(14,21(17,18)19)10(16)20-11-3-6-1-7(4-11)9(15)8(2-6)5-11/h6-9,15H,1-5H2,(H,17,18,19)/p-1. The molecule has 0 spiro atoms. The molecule has 0 radical (unpaired) electrons. The Morgan fingerprint density at radius 3 is 2.24 bits per heavy atom. The van der Waals surface area contributed by atoms with Gasteiger partial charge in [0.05, 0.1) is 6.10 Å². The minimum atomic E-state index is -6.10. The highest BCUT2D eigenvalue weighted by molar-refractivity contribution is 7.87. The van der Waals surface area contributed by atoms with Gasteiger partial charge in [-0.15, -0.1) is 0 Å². The highest BCUT2D eigenvalue weighted by atomic mass is 32.2. The summed E-state index contributed by atoms with van der Waals surface area (Å²) in [6, 6.07) is 0. The normalized spacial score (nSPS) is 42.1. The van der Waals surface area contributed by atoms with E-state index >= 15 is 0 Å². The van der Waals surface area contributed by atoms with Crippen molar-refractivity contribution in [3.63, 3.8) is 0 Å². The number of rotatable bonds is 3. The van der Waals surface area contributed by atoms with Gasteiger partial charge in [-0.2, -0.15) is 8.78 Å². The minimum absolute atomic E-state index is 0.124. The van der Waals surface area contributed by atoms with E-state index in [1.165, 1.54) is 0 Å². The van der Waals surface area contributed by atoms with Crippen LogP contribution in [-0.2, 0) is 19.6 Å². The van der Waals surface area contributed by atoms with Crippen molar-refractivity contribution in [1.29, 1.82) is 0 Å². The molecule has 0 saturated heterocycles. The monoisotopic (exact) mass is 325 g/mol. The number of aliphatic hydroxyl groups is 1. The number of hydrogen-bond donors (Lipinski definition) is 1. The Bertz CT molecular complexity index is 558. The second-order valence-corrected chi connectivity index (χ2v) is 7.92. The smallest absolute Gasteiger partial charge is 0.428 e. The van der Waals surface area contributed by atoms with E-state index in [1.807, 2.05) is 0 Å². The van der Waals surface area contributed by atoms with Crippen LogP contribution in [0.15, 0.2) is 0 Å². The molecule has 0 amide bonds. The Hall–Kier alpha value is -0.800. The summed E-state index contributed by atoms with van der Waals surface area (Å²) in [6.45, 7) is 0. The second-order valence-electron chi connectivity index (χ2n) is 6.50. The largest absolute Gasteiger partial charge is 0.743 e. The first-order chi connectivity index (χ1) is 9.54. The van der Waals surface area contributed by atoms with Crippen LogP contribution in [0.2, 0.25) is 0 Å². The molecule has 0 aromatic rings. The first-order valence-corrected chi connectivity index (χ1v) is 8.20. The Balaban J connectivity index is 1.81. The number of alkyl halides is 2. The van der Waals surface area contributed by atoms with Crippen molar-refractivity contribution in [3.8, 4) is 0 Å². The van der Waals surface area contributed by atoms with Crippen LogP contribution in [0, 0.1) is 17.8 Å². The third kappa shape index (κ3) is 2.25. The summed E-state index contributed by atoms with van der Waals surface area (Å²) in [5.74, 6) is -2.37. The van der Waals surface area contributed by atoms with Crippen LogP contribution in [-0.4, -0.2) is 41.0 Å². The molecule has 4 fully saturated rings. The molecular formula is C12H15F2O6S-. The van der Waals surface area contributed by atoms with Gasteiger partial charge in [-0.25, -0.2) is 13.2 Å². The average Bonchev–Trinajstić information content (AvgIpc) is 2.32. The number of carbonyl (C=O) groups excluding carboxylic acids is 1. The van der Waals surface area contributed by atoms with E-state index in [0.29, 0.717) is 6.42 Å². The lowest BCUT2D eigenvalue weighted by atomic mass is 9.53. The molecule has 2 atom stereocenters. The van der Waals surface area contributed by atoms with Crippen LogP contribution in [0.25, 0.3) is 0 Å². The van der Waals surface area contributed by atoms with Crippen LogP contribution in [0.4, 0.5) is 8.78 Å². The first-order valence-electron chi connectivity index (χ1n) is 6.79. The quantitative estimate of drug-likeness (QED) is 0.602. The lowest BCUT2D eigenvalue weighted by molar-refractivity contribution is -0.217. The molecule has 0 aromatic carbocycles. The number of ether oxygens (including phenoxy) is 1. The fourth-order valence-electron chi connectivity index (χ4n) is 4.41. The summed E-state index contributed by atoms with van der Waals surface area (Å²) in [5, 5.41) is 4.96. The molecule has 6 nitrogen and oxygen atoms in total. The third-order valence-corrected chi connectivity index (χ3v) is 5.82. The maximum Gasteiger partial charge on any atom is 0.428 e. The van der Waals surface area contributed by atoms with Crippen molar-refractivity contribution in [1.82, 2.24) is 0 Å². The van der Waals surface area contributed by atoms with Crippen molar-refractivity contribution in [2.24, 2.45) is 17.8 Å². The fourth-order valence-corrected chi connectivity index (χ4v) is 4.65. The summed E-state index contributed by atoms with van der Waals surface area (Å²) >= 11 is 0. The average molecular weight is 325 g/mol. The van der Waals surface area contributed by atoms with E-state index < -0.39 is 33.0 Å². The van der Waals surface area contributed by atoms with E-state index in [1.54, 1.807) is 0 Å². The Morgan fingerprint density at radius 2 is 1.76 bits per heavy atom. The summed E-state index contributed by atoms with van der Waals surface area (Å²) in [4.78, 5) is 11.5. The molecule has 2 unspecified atom stereocenters. The van der Waals surface area contributed by atoms with E-state index in [9.17, 15) is 31.7 Å². The van der Waals surface area contributed by atoms with E-state index in [-0.39, 0.29) is 30.6 Å². The van der Waals surface area contributed by atoms with Crippen molar-refractivity contribution >= 4 is 16.1 Å². The van der Waals surface area contributed by atoms with Gasteiger partial charge in [0, 0.05) is 0 Å². The number of carbonyl (C=O) groups is 1. The summed E-state index contributed by atoms with van der Waals surface area (Å²) in [5.41, 5.74) is -1.17. The number of aliphatic hydroxyl groups excluding tert-OH is 1. The van der Waals surface area contributed by atoms with Gasteiger partial charge in [-0.3, -0.25) is 0 Å². The zero-order valence-corrected chi connectivity index (χ0v) is 11.8. The number of hydrogen-bond acceptors (Lipinski definition) is 6. The number of halogens is 2. The van der Waals surface area contributed by atoms with Gasteiger partial charge in [0.25, 0.3) is 0 Å². The van der Waals surface area contributed by atoms with Crippen molar-refractivity contribution in [3.05, 3.63) is 0 Å². The molecule has 9 heteroatoms. The van der Waals surface area contributed by atoms with Crippen LogP contribution in [0.5, 0.6) is 0 Å². The zero-order valence-electron chi connectivity index (χ0n) is 11.0. The van der Waals surface area contributed by atoms with Crippen LogP contribution < -0.4 is 0 Å². The molecule has 4 bridgehead atoms. The summed E-state index contributed by atoms with van der Waals surface area (Å²) in [7, 11) is -6.10. The Kier molecular flexibility index (Phi) is 3.14. The Labute approximate surface area is 120 Å². The van der Waals surface area contributed by atoms with Crippen LogP contribution in [0.1, 0.15) is 32.1 Å². The van der Waals surface area contributed by atoms with Gasteiger partial charge < -0.3 is 14.4 Å². The second kappa shape index (κ2) is 4.36. The molecular weight excluding hydrogens is 310 g/mol. The predicted molar refractivity (Wildman–Crippen MR) is 63.0 cm³/mol. The van der Waals surface area contributed by atoms with Gasteiger partial charge in [0.15, 0.2) is 10.1 Å². The molecule has 120 valence electrons. The van der Waals surface area contributed by atoms with Gasteiger partial charge >= 0.3 is 11.2 Å². The predicted octanol–water partition coefficient (Wildman–Crippen LogP) is 0.607.